The number of amides is 1. The van der Waals surface area contributed by atoms with E-state index >= 15 is 0 Å². The highest BCUT2D eigenvalue weighted by molar-refractivity contribution is 5.68. The second kappa shape index (κ2) is 5.45. The number of rotatable bonds is 2. The number of hydrogen-bond donors (Lipinski definition) is 2. The molecular weight excluding hydrogens is 232 g/mol. The molecular formula is C13H26N2O3. The van der Waals surface area contributed by atoms with Gasteiger partial charge in [-0.25, -0.2) is 4.79 Å². The average Bonchev–Trinajstić information content (AvgIpc) is 2.27. The summed E-state index contributed by atoms with van der Waals surface area (Å²) < 4.78 is 5.35. The number of nitrogens with zero attached hydrogens (tertiary/aromatic N) is 1. The van der Waals surface area contributed by atoms with Gasteiger partial charge in [0.1, 0.15) is 5.60 Å². The molecule has 5 nitrogen and oxygen atoms in total. The van der Waals surface area contributed by atoms with Crippen molar-refractivity contribution in [3.05, 3.63) is 0 Å². The number of hydrogen-bond acceptors (Lipinski definition) is 4. The fourth-order valence-corrected chi connectivity index (χ4v) is 2.14. The van der Waals surface area contributed by atoms with Crippen molar-refractivity contribution in [1.82, 2.24) is 4.90 Å². The molecule has 0 radical (unpaired) electrons. The van der Waals surface area contributed by atoms with Crippen molar-refractivity contribution >= 4 is 6.09 Å². The number of piperidine rings is 1. The first kappa shape index (κ1) is 15.2. The summed E-state index contributed by atoms with van der Waals surface area (Å²) in [5.41, 5.74) is 4.17. The third-order valence-corrected chi connectivity index (χ3v) is 3.37. The van der Waals surface area contributed by atoms with Crippen molar-refractivity contribution < 1.29 is 14.6 Å². The van der Waals surface area contributed by atoms with Gasteiger partial charge in [0, 0.05) is 25.6 Å². The van der Waals surface area contributed by atoms with Crippen molar-refractivity contribution in [2.45, 2.75) is 51.7 Å². The highest BCUT2D eigenvalue weighted by atomic mass is 16.6. The van der Waals surface area contributed by atoms with Crippen LogP contribution < -0.4 is 5.73 Å². The van der Waals surface area contributed by atoms with Gasteiger partial charge in [0.25, 0.3) is 0 Å². The standard InChI is InChI=1S/C13H26N2O3/c1-12(2,3)18-11(16)15-7-5-6-10(8-15)13(4,17)9-14/h10,17H,5-9,14H2,1-4H3. The van der Waals surface area contributed by atoms with E-state index in [0.717, 1.165) is 12.8 Å². The SMILES string of the molecule is CC(C)(C)OC(=O)N1CCCC(C(C)(O)CN)C1. The molecule has 0 aromatic rings. The van der Waals surface area contributed by atoms with Gasteiger partial charge in [-0.15, -0.1) is 0 Å². The molecule has 1 fully saturated rings. The lowest BCUT2D eigenvalue weighted by Crippen LogP contribution is -2.52. The maximum Gasteiger partial charge on any atom is 0.410 e. The molecule has 18 heavy (non-hydrogen) atoms. The Balaban J connectivity index is 2.61. The summed E-state index contributed by atoms with van der Waals surface area (Å²) in [7, 11) is 0. The molecule has 1 heterocycles. The third kappa shape index (κ3) is 4.14. The fourth-order valence-electron chi connectivity index (χ4n) is 2.14. The number of likely N-dealkylation sites (tertiary alicyclic amines) is 1. The van der Waals surface area contributed by atoms with Gasteiger partial charge in [-0.1, -0.05) is 0 Å². The Hall–Kier alpha value is -0.810. The van der Waals surface area contributed by atoms with Crippen LogP contribution in [0.2, 0.25) is 0 Å². The smallest absolute Gasteiger partial charge is 0.410 e. The van der Waals surface area contributed by atoms with Crippen LogP contribution in [0, 0.1) is 5.92 Å². The van der Waals surface area contributed by atoms with E-state index in [2.05, 4.69) is 0 Å². The maximum atomic E-state index is 12.0. The van der Waals surface area contributed by atoms with Crippen LogP contribution in [-0.4, -0.2) is 46.9 Å². The largest absolute Gasteiger partial charge is 0.444 e. The molecule has 0 aromatic heterocycles. The summed E-state index contributed by atoms with van der Waals surface area (Å²) >= 11 is 0. The van der Waals surface area contributed by atoms with E-state index in [1.54, 1.807) is 11.8 Å². The molecule has 2 unspecified atom stereocenters. The van der Waals surface area contributed by atoms with Gasteiger partial charge in [0.15, 0.2) is 0 Å². The highest BCUT2D eigenvalue weighted by Crippen LogP contribution is 2.27. The van der Waals surface area contributed by atoms with Gasteiger partial charge in [-0.05, 0) is 40.5 Å². The normalized spacial score (nSPS) is 24.6. The van der Waals surface area contributed by atoms with Crippen molar-refractivity contribution in [3.8, 4) is 0 Å². The zero-order valence-corrected chi connectivity index (χ0v) is 11.9. The monoisotopic (exact) mass is 258 g/mol. The fraction of sp³-hybridized carbons (Fsp3) is 0.923. The van der Waals surface area contributed by atoms with E-state index in [9.17, 15) is 9.90 Å². The zero-order valence-electron chi connectivity index (χ0n) is 11.9. The third-order valence-electron chi connectivity index (χ3n) is 3.37. The number of nitrogens with two attached hydrogens (primary N) is 1. The molecule has 1 aliphatic rings. The zero-order chi connectivity index (χ0) is 14.0. The van der Waals surface area contributed by atoms with Crippen LogP contribution in [-0.2, 0) is 4.74 Å². The van der Waals surface area contributed by atoms with Crippen molar-refractivity contribution in [1.29, 1.82) is 0 Å². The Morgan fingerprint density at radius 3 is 2.56 bits per heavy atom. The van der Waals surface area contributed by atoms with Gasteiger partial charge in [-0.2, -0.15) is 0 Å². The number of aliphatic hydroxyl groups is 1. The summed E-state index contributed by atoms with van der Waals surface area (Å²) in [6.45, 7) is 8.69. The molecule has 0 aromatic carbocycles. The first-order valence-corrected chi connectivity index (χ1v) is 6.56. The molecule has 1 saturated heterocycles. The summed E-state index contributed by atoms with van der Waals surface area (Å²) in [6, 6.07) is 0. The van der Waals surface area contributed by atoms with Crippen LogP contribution in [0.1, 0.15) is 40.5 Å². The Labute approximate surface area is 109 Å². The lowest BCUT2D eigenvalue weighted by Gasteiger charge is -2.40. The van der Waals surface area contributed by atoms with Gasteiger partial charge in [0.05, 0.1) is 5.60 Å². The quantitative estimate of drug-likeness (QED) is 0.784. The minimum atomic E-state index is -0.916. The first-order chi connectivity index (χ1) is 8.15. The Kier molecular flexibility index (Phi) is 4.61. The van der Waals surface area contributed by atoms with Crippen LogP contribution >= 0.6 is 0 Å². The van der Waals surface area contributed by atoms with E-state index in [1.165, 1.54) is 0 Å². The predicted octanol–water partition coefficient (Wildman–Crippen LogP) is 1.34. The molecule has 1 amide bonds. The molecule has 2 atom stereocenters. The van der Waals surface area contributed by atoms with Crippen LogP contribution in [0.4, 0.5) is 4.79 Å². The summed E-state index contributed by atoms with van der Waals surface area (Å²) in [6.07, 6.45) is 1.46. The van der Waals surface area contributed by atoms with Crippen molar-refractivity contribution in [3.63, 3.8) is 0 Å². The van der Waals surface area contributed by atoms with Crippen molar-refractivity contribution in [2.24, 2.45) is 11.7 Å². The van der Waals surface area contributed by atoms with Crippen molar-refractivity contribution in [2.75, 3.05) is 19.6 Å². The van der Waals surface area contributed by atoms with E-state index < -0.39 is 11.2 Å². The minimum Gasteiger partial charge on any atom is -0.444 e. The lowest BCUT2D eigenvalue weighted by molar-refractivity contribution is -0.0340. The second-order valence-corrected chi connectivity index (χ2v) is 6.33. The van der Waals surface area contributed by atoms with Crippen LogP contribution in [0.15, 0.2) is 0 Å². The van der Waals surface area contributed by atoms with Gasteiger partial charge in [-0.3, -0.25) is 0 Å². The minimum absolute atomic E-state index is 0.0174. The Morgan fingerprint density at radius 1 is 1.44 bits per heavy atom. The Morgan fingerprint density at radius 2 is 2.06 bits per heavy atom. The number of ether oxygens (including phenoxy) is 1. The number of carbonyl (C=O) groups excluding carboxylic acids is 1. The molecule has 0 bridgehead atoms. The van der Waals surface area contributed by atoms with E-state index in [-0.39, 0.29) is 18.6 Å². The molecule has 3 N–H and O–H groups in total. The molecule has 5 heteroatoms. The average molecular weight is 258 g/mol. The van der Waals surface area contributed by atoms with Gasteiger partial charge in [0.2, 0.25) is 0 Å². The molecule has 1 aliphatic heterocycles. The Bertz CT molecular complexity index is 297. The summed E-state index contributed by atoms with van der Waals surface area (Å²) in [4.78, 5) is 13.6. The van der Waals surface area contributed by atoms with Gasteiger partial charge >= 0.3 is 6.09 Å². The van der Waals surface area contributed by atoms with E-state index in [4.69, 9.17) is 10.5 Å². The number of carbonyl (C=O) groups is 1. The molecule has 0 saturated carbocycles. The van der Waals surface area contributed by atoms with Crippen LogP contribution in [0.5, 0.6) is 0 Å². The summed E-state index contributed by atoms with van der Waals surface area (Å²) in [5, 5.41) is 10.2. The molecule has 106 valence electrons. The highest BCUT2D eigenvalue weighted by Gasteiger charge is 2.36. The van der Waals surface area contributed by atoms with E-state index in [0.29, 0.717) is 13.1 Å². The summed E-state index contributed by atoms with van der Waals surface area (Å²) in [5.74, 6) is 0.0174. The molecule has 0 spiro atoms. The lowest BCUT2D eigenvalue weighted by atomic mass is 9.83. The van der Waals surface area contributed by atoms with E-state index in [1.807, 2.05) is 20.8 Å². The van der Waals surface area contributed by atoms with Crippen LogP contribution in [0.25, 0.3) is 0 Å². The predicted molar refractivity (Wildman–Crippen MR) is 70.2 cm³/mol. The van der Waals surface area contributed by atoms with Gasteiger partial charge < -0.3 is 20.5 Å². The van der Waals surface area contributed by atoms with Crippen LogP contribution in [0.3, 0.4) is 0 Å². The molecule has 0 aliphatic carbocycles. The maximum absolute atomic E-state index is 12.0. The first-order valence-electron chi connectivity index (χ1n) is 6.56. The topological polar surface area (TPSA) is 75.8 Å². The second-order valence-electron chi connectivity index (χ2n) is 6.33. The molecule has 1 rings (SSSR count).